The second-order valence-corrected chi connectivity index (χ2v) is 42.8. The van der Waals surface area contributed by atoms with E-state index in [1.54, 1.807) is 0 Å². The van der Waals surface area contributed by atoms with Crippen molar-refractivity contribution in [2.75, 3.05) is 26.4 Å². The van der Waals surface area contributed by atoms with Gasteiger partial charge in [-0.2, -0.15) is 0 Å². The third kappa shape index (κ3) is 47.1. The fourth-order valence-corrected chi connectivity index (χ4v) is 18.7. The lowest BCUT2D eigenvalue weighted by molar-refractivity contribution is 0.292. The van der Waals surface area contributed by atoms with E-state index in [1.165, 1.54) is 452 Å². The highest BCUT2D eigenvalue weighted by atomic mass is 16.5. The zero-order valence-corrected chi connectivity index (χ0v) is 83.2. The van der Waals surface area contributed by atoms with Gasteiger partial charge in [-0.25, -0.2) is 0 Å². The highest BCUT2D eigenvalue weighted by Crippen LogP contribution is 2.45. The number of fused-ring (bicyclic) bond motifs is 8. The maximum absolute atomic E-state index is 7.62. The SMILES string of the molecule is CCCCCCCCCCCCCCCCCCOc1c2cc(C(C)(C)C)cc1Cc1cc(C(C)(C)C)cc(c1OCCCCCCCCCCCCCCCCCC)Cc1cc(C(C)(C)C)cc(c1OCCCCCCCCCCCCCCCCCC)Cc1cc(C(C)(C)C)cc(c1OCCCCCCCCCCCCCCCCCC)C2. The number of ether oxygens (including phenoxy) is 4. The van der Waals surface area contributed by atoms with Crippen molar-refractivity contribution in [3.8, 4) is 23.0 Å². The molecule has 0 spiro atoms. The molecular weight excluding hydrogens is 1460 g/mol. The van der Waals surface area contributed by atoms with Crippen molar-refractivity contribution >= 4 is 0 Å². The topological polar surface area (TPSA) is 36.9 Å². The van der Waals surface area contributed by atoms with Crippen molar-refractivity contribution in [3.63, 3.8) is 0 Å². The monoisotopic (exact) mass is 1660 g/mol. The van der Waals surface area contributed by atoms with Gasteiger partial charge < -0.3 is 18.9 Å². The van der Waals surface area contributed by atoms with E-state index in [-0.39, 0.29) is 21.7 Å². The number of unbranched alkanes of at least 4 members (excludes halogenated alkanes) is 60. The Morgan fingerprint density at radius 2 is 0.258 bits per heavy atom. The molecule has 688 valence electrons. The summed E-state index contributed by atoms with van der Waals surface area (Å²) >= 11 is 0. The Balaban J connectivity index is 1.57. The molecule has 0 N–H and O–H groups in total. The van der Waals surface area contributed by atoms with Crippen molar-refractivity contribution in [2.45, 2.75) is 569 Å². The molecule has 0 amide bonds. The molecule has 1 aliphatic rings. The van der Waals surface area contributed by atoms with E-state index >= 15 is 0 Å². The van der Waals surface area contributed by atoms with Crippen molar-refractivity contribution < 1.29 is 18.9 Å². The number of benzene rings is 4. The molecule has 1 aliphatic carbocycles. The molecule has 120 heavy (non-hydrogen) atoms. The molecule has 4 nitrogen and oxygen atoms in total. The number of hydrogen-bond donors (Lipinski definition) is 0. The molecular formula is C116H200O4. The molecule has 4 heteroatoms. The summed E-state index contributed by atoms with van der Waals surface area (Å²) in [6.45, 7) is 41.3. The minimum absolute atomic E-state index is 0.108. The smallest absolute Gasteiger partial charge is 0.126 e. The predicted molar refractivity (Wildman–Crippen MR) is 532 cm³/mol. The Labute approximate surface area is 748 Å². The van der Waals surface area contributed by atoms with Crippen LogP contribution in [0.15, 0.2) is 48.5 Å². The standard InChI is InChI=1S/C116H200O4/c1-17-21-25-29-33-37-41-45-49-53-57-61-65-69-73-77-81-117-109-97-85-99-91-106(114(8,9)10)93-101(110(99)118-82-78-74-70-66-62-58-54-50-46-42-38-34-30-26-22-18-2)87-103-95-108(116(14,15)16)96-104(112(103)120-84-80-76-72-68-64-60-56-52-48-44-40-36-32-28-24-20-4)88-102-94-107(115(11,12)13)92-100(86-98(109)90-105(89-97)113(5,6)7)111(102)119-83-79-75-71-67-63-59-55-51-47-43-39-35-31-27-23-19-3/h89-96H,17-88H2,1-16H3. The number of rotatable bonds is 72. The van der Waals surface area contributed by atoms with Gasteiger partial charge in [0.25, 0.3) is 0 Å². The first-order valence-corrected chi connectivity index (χ1v) is 53.2. The normalized spacial score (nSPS) is 12.8. The first-order chi connectivity index (χ1) is 58.1. The van der Waals surface area contributed by atoms with Crippen LogP contribution >= 0.6 is 0 Å². The Morgan fingerprint density at radius 1 is 0.158 bits per heavy atom. The molecule has 0 fully saturated rings. The lowest BCUT2D eigenvalue weighted by Crippen LogP contribution is -2.18. The molecule has 8 bridgehead atoms. The summed E-state index contributed by atoms with van der Waals surface area (Å²) in [6, 6.07) is 20.5. The minimum Gasteiger partial charge on any atom is -0.493 e. The molecule has 0 atom stereocenters. The molecule has 0 saturated carbocycles. The van der Waals surface area contributed by atoms with Crippen LogP contribution in [0.1, 0.15) is 588 Å². The third-order valence-corrected chi connectivity index (χ3v) is 26.9. The van der Waals surface area contributed by atoms with Gasteiger partial charge in [-0.3, -0.25) is 0 Å². The maximum Gasteiger partial charge on any atom is 0.126 e. The zero-order valence-electron chi connectivity index (χ0n) is 83.2. The van der Waals surface area contributed by atoms with Gasteiger partial charge in [0.1, 0.15) is 23.0 Å². The van der Waals surface area contributed by atoms with E-state index in [0.29, 0.717) is 26.4 Å². The first kappa shape index (κ1) is 107. The Kier molecular flexibility index (Phi) is 57.5. The van der Waals surface area contributed by atoms with E-state index in [2.05, 4.69) is 159 Å². The predicted octanol–water partition coefficient (Wildman–Crippen LogP) is 38.1. The Hall–Kier alpha value is -3.92. The van der Waals surface area contributed by atoms with Gasteiger partial charge in [0, 0.05) is 25.7 Å². The van der Waals surface area contributed by atoms with E-state index in [1.807, 2.05) is 0 Å². The molecule has 5 rings (SSSR count). The summed E-state index contributed by atoms with van der Waals surface area (Å²) in [7, 11) is 0. The van der Waals surface area contributed by atoms with Gasteiger partial charge in [-0.1, -0.05) is 545 Å². The summed E-state index contributed by atoms with van der Waals surface area (Å²) in [4.78, 5) is 0. The second-order valence-electron chi connectivity index (χ2n) is 42.8. The molecule has 0 unspecified atom stereocenters. The summed E-state index contributed by atoms with van der Waals surface area (Å²) in [6.07, 6.45) is 89.8. The largest absolute Gasteiger partial charge is 0.493 e. The van der Waals surface area contributed by atoms with Crippen molar-refractivity contribution in [1.29, 1.82) is 0 Å². The van der Waals surface area contributed by atoms with Gasteiger partial charge in [0.2, 0.25) is 0 Å². The lowest BCUT2D eigenvalue weighted by atomic mass is 9.79. The van der Waals surface area contributed by atoms with Crippen LogP contribution in [0.5, 0.6) is 23.0 Å². The highest BCUT2D eigenvalue weighted by Gasteiger charge is 2.30. The van der Waals surface area contributed by atoms with Gasteiger partial charge in [-0.05, 0) is 114 Å². The Morgan fingerprint density at radius 3 is 0.358 bits per heavy atom. The third-order valence-electron chi connectivity index (χ3n) is 26.9. The second kappa shape index (κ2) is 64.8. The van der Waals surface area contributed by atoms with Crippen LogP contribution in [0.25, 0.3) is 0 Å². The lowest BCUT2D eigenvalue weighted by Gasteiger charge is -2.29. The van der Waals surface area contributed by atoms with Crippen molar-refractivity contribution in [3.05, 3.63) is 115 Å². The molecule has 0 radical (unpaired) electrons. The van der Waals surface area contributed by atoms with Crippen LogP contribution in [0.2, 0.25) is 0 Å². The summed E-state index contributed by atoms with van der Waals surface area (Å²) in [5.74, 6) is 4.33. The van der Waals surface area contributed by atoms with Crippen LogP contribution < -0.4 is 18.9 Å². The van der Waals surface area contributed by atoms with Crippen molar-refractivity contribution in [1.82, 2.24) is 0 Å². The van der Waals surface area contributed by atoms with Crippen LogP contribution in [-0.4, -0.2) is 26.4 Å². The summed E-state index contributed by atoms with van der Waals surface area (Å²) < 4.78 is 30.5. The molecule has 0 aromatic heterocycles. The average Bonchev–Trinajstić information content (AvgIpc) is 0.761. The molecule has 0 saturated heterocycles. The average molecular weight is 1660 g/mol. The van der Waals surface area contributed by atoms with Gasteiger partial charge in [0.05, 0.1) is 26.4 Å². The quantitative estimate of drug-likeness (QED) is 0.0364. The first-order valence-electron chi connectivity index (χ1n) is 53.2. The fraction of sp³-hybridized carbons (Fsp3) is 0.793. The fourth-order valence-electron chi connectivity index (χ4n) is 18.7. The van der Waals surface area contributed by atoms with E-state index in [0.717, 1.165) is 74.4 Å². The van der Waals surface area contributed by atoms with E-state index < -0.39 is 0 Å². The minimum atomic E-state index is -0.108. The highest BCUT2D eigenvalue weighted by molar-refractivity contribution is 5.60. The van der Waals surface area contributed by atoms with Crippen LogP contribution in [0.4, 0.5) is 0 Å². The van der Waals surface area contributed by atoms with Crippen LogP contribution in [-0.2, 0) is 47.3 Å². The maximum atomic E-state index is 7.62. The Bertz CT molecular complexity index is 2650. The summed E-state index contributed by atoms with van der Waals surface area (Å²) in [5.41, 5.74) is 15.3. The van der Waals surface area contributed by atoms with Crippen LogP contribution in [0.3, 0.4) is 0 Å². The van der Waals surface area contributed by atoms with Gasteiger partial charge in [-0.15, -0.1) is 0 Å². The molecule has 4 aromatic rings. The van der Waals surface area contributed by atoms with Crippen molar-refractivity contribution in [2.24, 2.45) is 0 Å². The van der Waals surface area contributed by atoms with Crippen LogP contribution in [0, 0.1) is 0 Å². The van der Waals surface area contributed by atoms with Gasteiger partial charge in [0.15, 0.2) is 0 Å². The zero-order chi connectivity index (χ0) is 86.6. The summed E-state index contributed by atoms with van der Waals surface area (Å²) in [5, 5.41) is 0. The molecule has 0 heterocycles. The molecule has 0 aliphatic heterocycles. The van der Waals surface area contributed by atoms with E-state index in [4.69, 9.17) is 18.9 Å². The number of hydrogen-bond acceptors (Lipinski definition) is 4. The van der Waals surface area contributed by atoms with E-state index in [9.17, 15) is 0 Å². The molecule has 4 aromatic carbocycles. The van der Waals surface area contributed by atoms with Gasteiger partial charge >= 0.3 is 0 Å².